The number of methoxy groups -OCH3 is 2. The fourth-order valence-electron chi connectivity index (χ4n) is 3.90. The zero-order chi connectivity index (χ0) is 23.0. The van der Waals surface area contributed by atoms with Crippen molar-refractivity contribution in [2.45, 2.75) is 52.5 Å². The van der Waals surface area contributed by atoms with Crippen molar-refractivity contribution in [1.82, 2.24) is 9.80 Å². The Bertz CT molecular complexity index is 795. The maximum atomic E-state index is 13.1. The maximum Gasteiger partial charge on any atom is 0.306 e. The van der Waals surface area contributed by atoms with Gasteiger partial charge in [-0.05, 0) is 49.9 Å². The third-order valence-corrected chi connectivity index (χ3v) is 5.53. The van der Waals surface area contributed by atoms with Crippen LogP contribution in [0.4, 0.5) is 0 Å². The first-order valence-electron chi connectivity index (χ1n) is 10.8. The van der Waals surface area contributed by atoms with Gasteiger partial charge in [-0.15, -0.1) is 0 Å². The van der Waals surface area contributed by atoms with Crippen LogP contribution in [-0.4, -0.2) is 68.0 Å². The van der Waals surface area contributed by atoms with Gasteiger partial charge in [0.2, 0.25) is 11.8 Å². The summed E-state index contributed by atoms with van der Waals surface area (Å²) in [5, 5.41) is 0. The van der Waals surface area contributed by atoms with Crippen molar-refractivity contribution in [1.29, 1.82) is 0 Å². The number of amides is 2. The lowest BCUT2D eigenvalue weighted by molar-refractivity contribution is -0.146. The summed E-state index contributed by atoms with van der Waals surface area (Å²) in [6.45, 7) is 6.99. The lowest BCUT2D eigenvalue weighted by atomic mass is 9.92. The molecule has 0 aliphatic carbocycles. The molecule has 0 radical (unpaired) electrons. The maximum absolute atomic E-state index is 13.1. The Morgan fingerprint density at radius 3 is 2.39 bits per heavy atom. The van der Waals surface area contributed by atoms with Crippen molar-refractivity contribution in [2.75, 3.05) is 40.5 Å². The van der Waals surface area contributed by atoms with Crippen LogP contribution in [0.1, 0.15) is 57.2 Å². The molecular formula is C23H34N2O6. The fourth-order valence-corrected chi connectivity index (χ4v) is 3.90. The van der Waals surface area contributed by atoms with E-state index in [1.807, 2.05) is 26.0 Å². The number of carbonyl (C=O) groups is 3. The van der Waals surface area contributed by atoms with E-state index < -0.39 is 5.97 Å². The second-order valence-corrected chi connectivity index (χ2v) is 7.54. The number of hydrogen-bond donors (Lipinski definition) is 0. The van der Waals surface area contributed by atoms with Crippen LogP contribution in [0.2, 0.25) is 0 Å². The first-order valence-corrected chi connectivity index (χ1v) is 10.8. The van der Waals surface area contributed by atoms with E-state index in [2.05, 4.69) is 0 Å². The lowest BCUT2D eigenvalue weighted by Crippen LogP contribution is -2.46. The number of esters is 1. The molecule has 0 N–H and O–H groups in total. The predicted molar refractivity (Wildman–Crippen MR) is 116 cm³/mol. The molecule has 0 bridgehead atoms. The highest BCUT2D eigenvalue weighted by molar-refractivity contribution is 5.87. The minimum Gasteiger partial charge on any atom is -0.493 e. The third-order valence-electron chi connectivity index (χ3n) is 5.53. The van der Waals surface area contributed by atoms with E-state index in [0.29, 0.717) is 31.0 Å². The van der Waals surface area contributed by atoms with Gasteiger partial charge in [0.05, 0.1) is 39.8 Å². The van der Waals surface area contributed by atoms with Crippen LogP contribution in [0.5, 0.6) is 11.5 Å². The van der Waals surface area contributed by atoms with Gasteiger partial charge in [-0.2, -0.15) is 0 Å². The molecule has 0 fully saturated rings. The molecule has 2 amide bonds. The summed E-state index contributed by atoms with van der Waals surface area (Å²) >= 11 is 0. The smallest absolute Gasteiger partial charge is 0.306 e. The Balaban J connectivity index is 2.09. The minimum atomic E-state index is -0.399. The van der Waals surface area contributed by atoms with Crippen LogP contribution in [0.3, 0.4) is 0 Å². The van der Waals surface area contributed by atoms with E-state index >= 15 is 0 Å². The molecule has 1 atom stereocenters. The highest BCUT2D eigenvalue weighted by atomic mass is 16.5. The Hall–Kier alpha value is -2.77. The highest BCUT2D eigenvalue weighted by Gasteiger charge is 2.30. The largest absolute Gasteiger partial charge is 0.493 e. The van der Waals surface area contributed by atoms with E-state index in [-0.39, 0.29) is 43.8 Å². The molecule has 1 aliphatic heterocycles. The molecule has 0 saturated carbocycles. The topological polar surface area (TPSA) is 85.4 Å². The zero-order valence-electron chi connectivity index (χ0n) is 19.2. The van der Waals surface area contributed by atoms with Crippen LogP contribution in [0.15, 0.2) is 12.1 Å². The van der Waals surface area contributed by atoms with Crippen LogP contribution >= 0.6 is 0 Å². The summed E-state index contributed by atoms with van der Waals surface area (Å²) in [5.74, 6) is 0.591. The van der Waals surface area contributed by atoms with Crippen molar-refractivity contribution in [3.05, 3.63) is 23.3 Å². The van der Waals surface area contributed by atoms with Crippen molar-refractivity contribution in [3.63, 3.8) is 0 Å². The first-order chi connectivity index (χ1) is 14.9. The lowest BCUT2D eigenvalue weighted by Gasteiger charge is -2.37. The van der Waals surface area contributed by atoms with Gasteiger partial charge in [-0.1, -0.05) is 6.92 Å². The number of ether oxygens (including phenoxy) is 3. The number of fused-ring (bicyclic) bond motifs is 1. The van der Waals surface area contributed by atoms with Gasteiger partial charge >= 0.3 is 5.97 Å². The molecule has 1 unspecified atom stereocenters. The zero-order valence-corrected chi connectivity index (χ0v) is 19.2. The monoisotopic (exact) mass is 434 g/mol. The Morgan fingerprint density at radius 1 is 1.10 bits per heavy atom. The summed E-state index contributed by atoms with van der Waals surface area (Å²) in [4.78, 5) is 40.6. The first kappa shape index (κ1) is 24.5. The van der Waals surface area contributed by atoms with E-state index in [1.54, 1.807) is 30.9 Å². The SMILES string of the molecule is CCCN(CC(=O)N1CCc2cc(OC)c(OC)cc2C1C)C(=O)CCC(=O)OCC. The highest BCUT2D eigenvalue weighted by Crippen LogP contribution is 2.37. The molecule has 0 spiro atoms. The summed E-state index contributed by atoms with van der Waals surface area (Å²) in [6.07, 6.45) is 1.50. The average Bonchev–Trinajstić information content (AvgIpc) is 2.76. The molecule has 31 heavy (non-hydrogen) atoms. The Morgan fingerprint density at radius 2 is 1.77 bits per heavy atom. The van der Waals surface area contributed by atoms with Gasteiger partial charge in [-0.3, -0.25) is 14.4 Å². The molecule has 1 aromatic carbocycles. The summed E-state index contributed by atoms with van der Waals surface area (Å²) in [5.41, 5.74) is 2.15. The fraction of sp³-hybridized carbons (Fsp3) is 0.609. The van der Waals surface area contributed by atoms with Crippen molar-refractivity contribution >= 4 is 17.8 Å². The quantitative estimate of drug-likeness (QED) is 0.527. The molecule has 2 rings (SSSR count). The van der Waals surface area contributed by atoms with Crippen LogP contribution in [0.25, 0.3) is 0 Å². The number of rotatable bonds is 10. The van der Waals surface area contributed by atoms with Gasteiger partial charge in [0.25, 0.3) is 0 Å². The predicted octanol–water partition coefficient (Wildman–Crippen LogP) is 2.73. The van der Waals surface area contributed by atoms with Crippen molar-refractivity contribution < 1.29 is 28.6 Å². The van der Waals surface area contributed by atoms with Gasteiger partial charge in [0.1, 0.15) is 0 Å². The van der Waals surface area contributed by atoms with E-state index in [4.69, 9.17) is 14.2 Å². The molecule has 0 saturated heterocycles. The average molecular weight is 435 g/mol. The number of nitrogens with zero attached hydrogens (tertiary/aromatic N) is 2. The Kier molecular flexibility index (Phi) is 9.15. The summed E-state index contributed by atoms with van der Waals surface area (Å²) < 4.78 is 15.7. The second kappa shape index (κ2) is 11.6. The molecule has 8 nitrogen and oxygen atoms in total. The molecule has 1 aromatic rings. The molecule has 8 heteroatoms. The molecule has 172 valence electrons. The van der Waals surface area contributed by atoms with Crippen LogP contribution in [-0.2, 0) is 25.5 Å². The molecule has 0 aromatic heterocycles. The summed E-state index contributed by atoms with van der Waals surface area (Å²) in [6, 6.07) is 3.75. The van der Waals surface area contributed by atoms with Crippen molar-refractivity contribution in [2.24, 2.45) is 0 Å². The molecular weight excluding hydrogens is 400 g/mol. The van der Waals surface area contributed by atoms with Gasteiger partial charge in [-0.25, -0.2) is 0 Å². The van der Waals surface area contributed by atoms with Crippen LogP contribution in [0, 0.1) is 0 Å². The van der Waals surface area contributed by atoms with Crippen LogP contribution < -0.4 is 9.47 Å². The van der Waals surface area contributed by atoms with E-state index in [0.717, 1.165) is 17.5 Å². The normalized spacial score (nSPS) is 15.1. The molecule has 1 aliphatic rings. The molecule has 1 heterocycles. The Labute approximate surface area is 184 Å². The van der Waals surface area contributed by atoms with Gasteiger partial charge in [0, 0.05) is 19.5 Å². The second-order valence-electron chi connectivity index (χ2n) is 7.54. The number of carbonyl (C=O) groups excluding carboxylic acids is 3. The van der Waals surface area contributed by atoms with Gasteiger partial charge < -0.3 is 24.0 Å². The third kappa shape index (κ3) is 6.12. The summed E-state index contributed by atoms with van der Waals surface area (Å²) in [7, 11) is 3.19. The van der Waals surface area contributed by atoms with E-state index in [1.165, 1.54) is 0 Å². The number of hydrogen-bond acceptors (Lipinski definition) is 6. The minimum absolute atomic E-state index is 0.00244. The van der Waals surface area contributed by atoms with E-state index in [9.17, 15) is 14.4 Å². The number of benzene rings is 1. The standard InChI is InChI=1S/C23H34N2O6/c1-6-11-24(21(26)8-9-23(28)31-7-2)15-22(27)25-12-10-17-13-19(29-4)20(30-5)14-18(17)16(25)3/h13-14,16H,6-12,15H2,1-5H3. The van der Waals surface area contributed by atoms with Gasteiger partial charge in [0.15, 0.2) is 11.5 Å². The van der Waals surface area contributed by atoms with Crippen molar-refractivity contribution in [3.8, 4) is 11.5 Å².